The summed E-state index contributed by atoms with van der Waals surface area (Å²) in [6, 6.07) is 0.838. The van der Waals surface area contributed by atoms with Crippen LogP contribution in [0.1, 0.15) is 12.1 Å². The Morgan fingerprint density at radius 3 is 2.72 bits per heavy atom. The molecule has 1 aliphatic heterocycles. The highest BCUT2D eigenvalue weighted by Gasteiger charge is 2.34. The van der Waals surface area contributed by atoms with Crippen LogP contribution in [-0.4, -0.2) is 34.1 Å². The van der Waals surface area contributed by atoms with Crippen LogP contribution in [0.5, 0.6) is 0 Å². The highest BCUT2D eigenvalue weighted by molar-refractivity contribution is 5.71. The Morgan fingerprint density at radius 2 is 2.17 bits per heavy atom. The SMILES string of the molecule is O=C(O)[C@H]1CCN(c2cc(C(F)(F)F)ncn2)C1. The van der Waals surface area contributed by atoms with E-state index in [4.69, 9.17) is 5.11 Å². The van der Waals surface area contributed by atoms with E-state index in [2.05, 4.69) is 9.97 Å². The maximum Gasteiger partial charge on any atom is 0.433 e. The molecule has 0 spiro atoms. The van der Waals surface area contributed by atoms with Crippen molar-refractivity contribution in [2.45, 2.75) is 12.6 Å². The number of carboxylic acids is 1. The van der Waals surface area contributed by atoms with Gasteiger partial charge in [0.1, 0.15) is 17.8 Å². The number of nitrogens with zero attached hydrogens (tertiary/aromatic N) is 3. The fourth-order valence-corrected chi connectivity index (χ4v) is 1.84. The van der Waals surface area contributed by atoms with Gasteiger partial charge < -0.3 is 10.0 Å². The molecule has 8 heteroatoms. The second kappa shape index (κ2) is 4.43. The van der Waals surface area contributed by atoms with Crippen molar-refractivity contribution in [1.29, 1.82) is 0 Å². The number of alkyl halides is 3. The largest absolute Gasteiger partial charge is 0.481 e. The van der Waals surface area contributed by atoms with Crippen molar-refractivity contribution < 1.29 is 23.1 Å². The third-order valence-corrected chi connectivity index (χ3v) is 2.80. The molecule has 0 saturated carbocycles. The lowest BCUT2D eigenvalue weighted by molar-refractivity contribution is -0.142. The van der Waals surface area contributed by atoms with Crippen LogP contribution >= 0.6 is 0 Å². The van der Waals surface area contributed by atoms with E-state index in [1.807, 2.05) is 0 Å². The summed E-state index contributed by atoms with van der Waals surface area (Å²) in [6.45, 7) is 0.551. The van der Waals surface area contributed by atoms with Gasteiger partial charge >= 0.3 is 12.1 Å². The minimum absolute atomic E-state index is 0.112. The molecule has 98 valence electrons. The standard InChI is InChI=1S/C10H10F3N3O2/c11-10(12,13)7-3-8(15-5-14-7)16-2-1-6(4-16)9(17)18/h3,5-6H,1-2,4H2,(H,17,18)/t6-/m0/s1. The molecule has 1 aliphatic rings. The van der Waals surface area contributed by atoms with Crippen LogP contribution in [0.2, 0.25) is 0 Å². The number of carboxylic acid groups (broad SMARTS) is 1. The van der Waals surface area contributed by atoms with Crippen LogP contribution < -0.4 is 4.90 Å². The lowest BCUT2D eigenvalue weighted by atomic mass is 10.1. The first-order valence-electron chi connectivity index (χ1n) is 5.25. The molecule has 0 bridgehead atoms. The Balaban J connectivity index is 2.18. The molecule has 1 saturated heterocycles. The maximum absolute atomic E-state index is 12.5. The second-order valence-corrected chi connectivity index (χ2v) is 4.03. The fourth-order valence-electron chi connectivity index (χ4n) is 1.84. The van der Waals surface area contributed by atoms with E-state index in [9.17, 15) is 18.0 Å². The summed E-state index contributed by atoms with van der Waals surface area (Å²) in [5, 5.41) is 8.82. The number of aromatic nitrogens is 2. The number of carbonyl (C=O) groups is 1. The molecular weight excluding hydrogens is 251 g/mol. The molecule has 0 radical (unpaired) electrons. The van der Waals surface area contributed by atoms with Crippen molar-refractivity contribution in [1.82, 2.24) is 9.97 Å². The average Bonchev–Trinajstić information content (AvgIpc) is 2.77. The van der Waals surface area contributed by atoms with E-state index in [1.54, 1.807) is 0 Å². The molecule has 1 aromatic heterocycles. The lowest BCUT2D eigenvalue weighted by Gasteiger charge is -2.17. The molecular formula is C10H10F3N3O2. The predicted octanol–water partition coefficient (Wildman–Crippen LogP) is 1.41. The number of hydrogen-bond acceptors (Lipinski definition) is 4. The smallest absolute Gasteiger partial charge is 0.433 e. The van der Waals surface area contributed by atoms with Gasteiger partial charge in [0.05, 0.1) is 5.92 Å². The highest BCUT2D eigenvalue weighted by Crippen LogP contribution is 2.30. The minimum atomic E-state index is -4.52. The van der Waals surface area contributed by atoms with Gasteiger partial charge in [0, 0.05) is 19.2 Å². The first-order valence-corrected chi connectivity index (χ1v) is 5.25. The van der Waals surface area contributed by atoms with Gasteiger partial charge in [0.15, 0.2) is 0 Å². The normalized spacial score (nSPS) is 20.2. The van der Waals surface area contributed by atoms with E-state index < -0.39 is 23.8 Å². The fraction of sp³-hybridized carbons (Fsp3) is 0.500. The molecule has 0 amide bonds. The van der Waals surface area contributed by atoms with Crippen LogP contribution in [0.4, 0.5) is 19.0 Å². The van der Waals surface area contributed by atoms with E-state index in [0.29, 0.717) is 13.0 Å². The summed E-state index contributed by atoms with van der Waals surface area (Å²) >= 11 is 0. The molecule has 1 fully saturated rings. The number of aliphatic carboxylic acids is 1. The van der Waals surface area contributed by atoms with Crippen molar-refractivity contribution in [2.24, 2.45) is 5.92 Å². The molecule has 1 N–H and O–H groups in total. The zero-order valence-electron chi connectivity index (χ0n) is 9.18. The van der Waals surface area contributed by atoms with Crippen LogP contribution in [-0.2, 0) is 11.0 Å². The van der Waals surface area contributed by atoms with Gasteiger partial charge in [-0.1, -0.05) is 0 Å². The topological polar surface area (TPSA) is 66.3 Å². The Morgan fingerprint density at radius 1 is 1.44 bits per heavy atom. The van der Waals surface area contributed by atoms with Crippen molar-refractivity contribution in [2.75, 3.05) is 18.0 Å². The summed E-state index contributed by atoms with van der Waals surface area (Å²) in [7, 11) is 0. The lowest BCUT2D eigenvalue weighted by Crippen LogP contribution is -2.24. The van der Waals surface area contributed by atoms with Crippen molar-refractivity contribution in [3.63, 3.8) is 0 Å². The van der Waals surface area contributed by atoms with Gasteiger partial charge in [-0.2, -0.15) is 13.2 Å². The van der Waals surface area contributed by atoms with Gasteiger partial charge in [-0.25, -0.2) is 9.97 Å². The molecule has 0 aliphatic carbocycles. The summed E-state index contributed by atoms with van der Waals surface area (Å²) in [5.41, 5.74) is -1.02. The average molecular weight is 261 g/mol. The van der Waals surface area contributed by atoms with E-state index in [1.165, 1.54) is 4.90 Å². The zero-order valence-corrected chi connectivity index (χ0v) is 9.18. The van der Waals surface area contributed by atoms with Gasteiger partial charge in [-0.3, -0.25) is 4.79 Å². The number of halogens is 3. The van der Waals surface area contributed by atoms with Gasteiger partial charge in [-0.05, 0) is 6.42 Å². The zero-order chi connectivity index (χ0) is 13.3. The van der Waals surface area contributed by atoms with Gasteiger partial charge in [0.25, 0.3) is 0 Å². The third kappa shape index (κ3) is 2.52. The number of hydrogen-bond donors (Lipinski definition) is 1. The second-order valence-electron chi connectivity index (χ2n) is 4.03. The first kappa shape index (κ1) is 12.6. The van der Waals surface area contributed by atoms with E-state index in [-0.39, 0.29) is 12.4 Å². The molecule has 1 aromatic rings. The Labute approximate surface area is 100 Å². The maximum atomic E-state index is 12.5. The summed E-state index contributed by atoms with van der Waals surface area (Å²) in [5.74, 6) is -1.39. The third-order valence-electron chi connectivity index (χ3n) is 2.80. The Bertz CT molecular complexity index is 464. The molecule has 0 aromatic carbocycles. The molecule has 1 atom stereocenters. The minimum Gasteiger partial charge on any atom is -0.481 e. The van der Waals surface area contributed by atoms with Crippen LogP contribution in [0.15, 0.2) is 12.4 Å². The Kier molecular flexibility index (Phi) is 3.10. The number of anilines is 1. The molecule has 5 nitrogen and oxygen atoms in total. The number of rotatable bonds is 2. The van der Waals surface area contributed by atoms with Crippen LogP contribution in [0.25, 0.3) is 0 Å². The molecule has 2 rings (SSSR count). The summed E-state index contributed by atoms with van der Waals surface area (Å²) in [4.78, 5) is 19.2. The van der Waals surface area contributed by atoms with Crippen molar-refractivity contribution >= 4 is 11.8 Å². The quantitative estimate of drug-likeness (QED) is 0.871. The summed E-state index contributed by atoms with van der Waals surface area (Å²) in [6.07, 6.45) is -3.28. The predicted molar refractivity (Wildman–Crippen MR) is 55.0 cm³/mol. The Hall–Kier alpha value is -1.86. The van der Waals surface area contributed by atoms with E-state index >= 15 is 0 Å². The molecule has 18 heavy (non-hydrogen) atoms. The summed E-state index contributed by atoms with van der Waals surface area (Å²) < 4.78 is 37.4. The van der Waals surface area contributed by atoms with Crippen LogP contribution in [0.3, 0.4) is 0 Å². The van der Waals surface area contributed by atoms with Gasteiger partial charge in [0.2, 0.25) is 0 Å². The monoisotopic (exact) mass is 261 g/mol. The first-order chi connectivity index (χ1) is 8.38. The molecule has 0 unspecified atom stereocenters. The van der Waals surface area contributed by atoms with Crippen LogP contribution in [0, 0.1) is 5.92 Å². The van der Waals surface area contributed by atoms with Gasteiger partial charge in [-0.15, -0.1) is 0 Å². The molecule has 2 heterocycles. The van der Waals surface area contributed by atoms with Crippen molar-refractivity contribution in [3.05, 3.63) is 18.1 Å². The highest BCUT2D eigenvalue weighted by atomic mass is 19.4. The van der Waals surface area contributed by atoms with E-state index in [0.717, 1.165) is 12.4 Å². The van der Waals surface area contributed by atoms with Crippen molar-refractivity contribution in [3.8, 4) is 0 Å².